The maximum Gasteiger partial charge on any atom is 0.226 e. The highest BCUT2D eigenvalue weighted by molar-refractivity contribution is 5.80. The van der Waals surface area contributed by atoms with Gasteiger partial charge in [0.2, 0.25) is 5.89 Å². The third-order valence-electron chi connectivity index (χ3n) is 5.15. The predicted molar refractivity (Wildman–Crippen MR) is 120 cm³/mol. The molecule has 2 aromatic heterocycles. The molecule has 3 aromatic rings. The van der Waals surface area contributed by atoms with E-state index in [9.17, 15) is 0 Å². The van der Waals surface area contributed by atoms with Crippen LogP contribution in [0, 0.1) is 20.8 Å². The van der Waals surface area contributed by atoms with Crippen molar-refractivity contribution in [3.8, 4) is 11.5 Å². The van der Waals surface area contributed by atoms with Crippen LogP contribution >= 0.6 is 0 Å². The zero-order valence-electron chi connectivity index (χ0n) is 18.8. The summed E-state index contributed by atoms with van der Waals surface area (Å²) in [5.74, 6) is 1.39. The van der Waals surface area contributed by atoms with Gasteiger partial charge < -0.3 is 15.1 Å². The largest absolute Gasteiger partial charge is 0.444 e. The lowest BCUT2D eigenvalue weighted by atomic mass is 10.1. The smallest absolute Gasteiger partial charge is 0.226 e. The molecule has 1 aromatic carbocycles. The molecule has 3 rings (SSSR count). The molecule has 0 radical (unpaired) electrons. The van der Waals surface area contributed by atoms with Gasteiger partial charge in [-0.2, -0.15) is 5.10 Å². The van der Waals surface area contributed by atoms with Gasteiger partial charge in [0.1, 0.15) is 12.0 Å². The first-order valence-corrected chi connectivity index (χ1v) is 10.4. The summed E-state index contributed by atoms with van der Waals surface area (Å²) >= 11 is 0. The molecular weight excluding hydrogens is 376 g/mol. The van der Waals surface area contributed by atoms with Gasteiger partial charge >= 0.3 is 0 Å². The number of hydrogen-bond donors (Lipinski definition) is 2. The second-order valence-electron chi connectivity index (χ2n) is 7.73. The Bertz CT molecular complexity index is 999. The molecule has 7 nitrogen and oxygen atoms in total. The highest BCUT2D eigenvalue weighted by Gasteiger charge is 2.14. The molecule has 0 bridgehead atoms. The predicted octanol–water partition coefficient (Wildman–Crippen LogP) is 3.69. The van der Waals surface area contributed by atoms with Crippen molar-refractivity contribution in [2.45, 2.75) is 53.6 Å². The van der Waals surface area contributed by atoms with Crippen LogP contribution in [-0.2, 0) is 20.0 Å². The van der Waals surface area contributed by atoms with E-state index < -0.39 is 0 Å². The molecule has 7 heteroatoms. The number of benzene rings is 1. The van der Waals surface area contributed by atoms with E-state index in [1.165, 1.54) is 16.8 Å². The fourth-order valence-electron chi connectivity index (χ4n) is 3.39. The Hall–Kier alpha value is -3.09. The lowest BCUT2D eigenvalue weighted by Gasteiger charge is -2.18. The van der Waals surface area contributed by atoms with Crippen molar-refractivity contribution in [1.82, 2.24) is 25.4 Å². The average molecular weight is 409 g/mol. The standard InChI is InChI=1S/C23H32N6O/c1-7-24-23(26-16(3)12-21-17(4)28-29(6)18(21)5)25-13-20-14-30-22(27-20)19-10-8-15(2)9-11-19/h8-11,14,16H,7,12-13H2,1-6H3,(H2,24,25,26). The highest BCUT2D eigenvalue weighted by atomic mass is 16.3. The van der Waals surface area contributed by atoms with Gasteiger partial charge in [0, 0.05) is 30.9 Å². The van der Waals surface area contributed by atoms with Gasteiger partial charge in [0.05, 0.1) is 12.2 Å². The van der Waals surface area contributed by atoms with E-state index in [1.54, 1.807) is 6.26 Å². The van der Waals surface area contributed by atoms with E-state index in [0.717, 1.165) is 35.9 Å². The van der Waals surface area contributed by atoms with Gasteiger partial charge in [-0.15, -0.1) is 0 Å². The zero-order chi connectivity index (χ0) is 21.7. The van der Waals surface area contributed by atoms with Crippen LogP contribution in [0.15, 0.2) is 39.9 Å². The van der Waals surface area contributed by atoms with Gasteiger partial charge in [0.25, 0.3) is 0 Å². The first kappa shape index (κ1) is 21.6. The molecule has 0 aliphatic heterocycles. The van der Waals surface area contributed by atoms with Crippen molar-refractivity contribution >= 4 is 5.96 Å². The number of hydrogen-bond acceptors (Lipinski definition) is 4. The SMILES string of the molecule is CCNC(=NCc1coc(-c2ccc(C)cc2)n1)NC(C)Cc1c(C)nn(C)c1C. The molecule has 160 valence electrons. The minimum atomic E-state index is 0.213. The van der Waals surface area contributed by atoms with Crippen molar-refractivity contribution in [3.63, 3.8) is 0 Å². The number of aromatic nitrogens is 3. The number of nitrogens with one attached hydrogen (secondary N) is 2. The fourth-order valence-corrected chi connectivity index (χ4v) is 3.39. The van der Waals surface area contributed by atoms with Gasteiger partial charge in [0.15, 0.2) is 5.96 Å². The van der Waals surface area contributed by atoms with Gasteiger partial charge in [-0.25, -0.2) is 9.98 Å². The summed E-state index contributed by atoms with van der Waals surface area (Å²) in [6.07, 6.45) is 2.56. The summed E-state index contributed by atoms with van der Waals surface area (Å²) in [5.41, 5.74) is 6.55. The van der Waals surface area contributed by atoms with Crippen LogP contribution in [0.2, 0.25) is 0 Å². The minimum absolute atomic E-state index is 0.213. The van der Waals surface area contributed by atoms with Gasteiger partial charge in [-0.3, -0.25) is 4.68 Å². The summed E-state index contributed by atoms with van der Waals surface area (Å²) in [6, 6.07) is 8.35. The van der Waals surface area contributed by atoms with E-state index in [4.69, 9.17) is 4.42 Å². The van der Waals surface area contributed by atoms with Crippen molar-refractivity contribution in [1.29, 1.82) is 0 Å². The van der Waals surface area contributed by atoms with Crippen LogP contribution in [0.1, 0.15) is 42.1 Å². The Morgan fingerprint density at radius 2 is 1.93 bits per heavy atom. The maximum absolute atomic E-state index is 5.64. The van der Waals surface area contributed by atoms with E-state index in [2.05, 4.69) is 72.5 Å². The Balaban J connectivity index is 1.65. The molecular formula is C23H32N6O. The molecule has 0 fully saturated rings. The summed E-state index contributed by atoms with van der Waals surface area (Å²) < 4.78 is 7.58. The summed E-state index contributed by atoms with van der Waals surface area (Å²) in [5, 5.41) is 11.3. The van der Waals surface area contributed by atoms with Crippen LogP contribution in [-0.4, -0.2) is 33.3 Å². The van der Waals surface area contributed by atoms with Crippen molar-refractivity contribution in [3.05, 3.63) is 58.7 Å². The van der Waals surface area contributed by atoms with Crippen molar-refractivity contribution in [2.75, 3.05) is 6.54 Å². The Morgan fingerprint density at radius 3 is 2.57 bits per heavy atom. The summed E-state index contributed by atoms with van der Waals surface area (Å²) in [6.45, 7) is 11.7. The molecule has 0 saturated heterocycles. The van der Waals surface area contributed by atoms with E-state index >= 15 is 0 Å². The minimum Gasteiger partial charge on any atom is -0.444 e. The molecule has 0 aliphatic rings. The van der Waals surface area contributed by atoms with Crippen LogP contribution < -0.4 is 10.6 Å². The molecule has 1 atom stereocenters. The second-order valence-corrected chi connectivity index (χ2v) is 7.73. The van der Waals surface area contributed by atoms with Crippen LogP contribution in [0.3, 0.4) is 0 Å². The quantitative estimate of drug-likeness (QED) is 0.460. The number of rotatable bonds is 7. The maximum atomic E-state index is 5.64. The topological polar surface area (TPSA) is 80.3 Å². The Labute approximate surface area is 178 Å². The Kier molecular flexibility index (Phi) is 6.92. The highest BCUT2D eigenvalue weighted by Crippen LogP contribution is 2.19. The number of nitrogens with zero attached hydrogens (tertiary/aromatic N) is 4. The lowest BCUT2D eigenvalue weighted by molar-refractivity contribution is 0.572. The first-order valence-electron chi connectivity index (χ1n) is 10.4. The lowest BCUT2D eigenvalue weighted by Crippen LogP contribution is -2.43. The number of aliphatic imine (C=N–C) groups is 1. The molecule has 0 aliphatic carbocycles. The first-order chi connectivity index (χ1) is 14.4. The van der Waals surface area contributed by atoms with Crippen molar-refractivity contribution < 1.29 is 4.42 Å². The van der Waals surface area contributed by atoms with Crippen LogP contribution in [0.25, 0.3) is 11.5 Å². The Morgan fingerprint density at radius 1 is 1.20 bits per heavy atom. The third kappa shape index (κ3) is 5.28. The molecule has 2 heterocycles. The zero-order valence-corrected chi connectivity index (χ0v) is 18.8. The summed E-state index contributed by atoms with van der Waals surface area (Å²) in [4.78, 5) is 9.26. The number of guanidine groups is 1. The van der Waals surface area contributed by atoms with E-state index in [0.29, 0.717) is 12.4 Å². The van der Waals surface area contributed by atoms with Crippen LogP contribution in [0.5, 0.6) is 0 Å². The van der Waals surface area contributed by atoms with Gasteiger partial charge in [-0.1, -0.05) is 17.7 Å². The molecule has 0 saturated carbocycles. The van der Waals surface area contributed by atoms with Gasteiger partial charge in [-0.05, 0) is 58.7 Å². The molecule has 2 N–H and O–H groups in total. The van der Waals surface area contributed by atoms with E-state index in [-0.39, 0.29) is 6.04 Å². The molecule has 1 unspecified atom stereocenters. The number of oxazole rings is 1. The van der Waals surface area contributed by atoms with Crippen molar-refractivity contribution in [2.24, 2.45) is 12.0 Å². The normalized spacial score (nSPS) is 12.8. The molecule has 30 heavy (non-hydrogen) atoms. The monoisotopic (exact) mass is 408 g/mol. The van der Waals surface area contributed by atoms with E-state index in [1.807, 2.05) is 23.9 Å². The second kappa shape index (κ2) is 9.61. The molecule has 0 amide bonds. The fraction of sp³-hybridized carbons (Fsp3) is 0.435. The van der Waals surface area contributed by atoms with Crippen LogP contribution in [0.4, 0.5) is 0 Å². The number of aryl methyl sites for hydroxylation is 3. The molecule has 0 spiro atoms. The third-order valence-corrected chi connectivity index (χ3v) is 5.15. The average Bonchev–Trinajstić information content (AvgIpc) is 3.27. The summed E-state index contributed by atoms with van der Waals surface area (Å²) in [7, 11) is 1.98.